The van der Waals surface area contributed by atoms with Gasteiger partial charge < -0.3 is 0 Å². The van der Waals surface area contributed by atoms with Crippen LogP contribution in [-0.2, 0) is 27.6 Å². The van der Waals surface area contributed by atoms with Crippen LogP contribution in [0.3, 0.4) is 0 Å². The summed E-state index contributed by atoms with van der Waals surface area (Å²) in [7, 11) is -0.446. The molecule has 0 aliphatic heterocycles. The van der Waals surface area contributed by atoms with E-state index in [1.165, 1.54) is 29.8 Å². The smallest absolute Gasteiger partial charge is 0.0134 e. The Labute approximate surface area is 164 Å². The summed E-state index contributed by atoms with van der Waals surface area (Å²) >= 11 is -0.306. The minimum absolute atomic E-state index is 0.0125. The molecule has 0 heterocycles. The summed E-state index contributed by atoms with van der Waals surface area (Å²) in [6, 6.07) is 32.3. The zero-order valence-electron chi connectivity index (χ0n) is 14.7. The maximum absolute atomic E-state index is 10.1. The van der Waals surface area contributed by atoms with Crippen molar-refractivity contribution in [2.75, 3.05) is 0 Å². The topological polar surface area (TPSA) is 34.1 Å². The fourth-order valence-corrected chi connectivity index (χ4v) is 5.41. The van der Waals surface area contributed by atoms with E-state index >= 15 is 0 Å². The molecule has 0 saturated carbocycles. The first-order valence-electron chi connectivity index (χ1n) is 8.13. The molecule has 3 aromatic rings. The third kappa shape index (κ3) is 6.77. The maximum Gasteiger partial charge on any atom is -0.0134 e. The van der Waals surface area contributed by atoms with E-state index in [0.717, 1.165) is 0 Å². The van der Waals surface area contributed by atoms with Crippen molar-refractivity contribution in [2.45, 2.75) is 13.8 Å². The predicted molar refractivity (Wildman–Crippen MR) is 107 cm³/mol. The summed E-state index contributed by atoms with van der Waals surface area (Å²) in [5.41, 5.74) is 0. The third-order valence-electron chi connectivity index (χ3n) is 3.27. The first kappa shape index (κ1) is 20.4. The van der Waals surface area contributed by atoms with E-state index in [0.29, 0.717) is 0 Å². The summed E-state index contributed by atoms with van der Waals surface area (Å²) in [5, 5.41) is 4.19. The van der Waals surface area contributed by atoms with Crippen molar-refractivity contribution in [1.82, 2.24) is 0 Å². The average Bonchev–Trinajstić information content (AvgIpc) is 2.64. The zero-order chi connectivity index (χ0) is 18.8. The average molecular weight is 455 g/mol. The Morgan fingerprint density at radius 1 is 0.577 bits per heavy atom. The largest absolute Gasteiger partial charge is 0.0622 e. The van der Waals surface area contributed by atoms with Gasteiger partial charge in [0.1, 0.15) is 0 Å². The molecule has 0 radical (unpaired) electrons. The molecule has 136 valence electrons. The second-order valence-electron chi connectivity index (χ2n) is 5.27. The molecule has 2 nitrogen and oxygen atoms in total. The molecule has 0 aliphatic rings. The molecular weight excluding hydrogens is 434 g/mol. The zero-order valence-corrected chi connectivity index (χ0v) is 17.2. The summed E-state index contributed by atoms with van der Waals surface area (Å²) in [6.07, 6.45) is 0. The second-order valence-corrected chi connectivity index (χ2v) is 10.1. The Kier molecular flexibility index (Phi) is 8.59. The quantitative estimate of drug-likeness (QED) is 0.436. The molecule has 0 amide bonds. The molecule has 0 saturated heterocycles. The summed E-state index contributed by atoms with van der Waals surface area (Å²) < 4.78 is -0.0250. The fraction of sp³-hybridized carbons (Fsp3) is 0.0909. The molecular formula is C22H21O2PPd. The monoisotopic (exact) mass is 454 g/mol. The van der Waals surface area contributed by atoms with Crippen molar-refractivity contribution in [3.05, 3.63) is 91.0 Å². The number of rotatable bonds is 5. The van der Waals surface area contributed by atoms with Gasteiger partial charge in [-0.3, -0.25) is 0 Å². The van der Waals surface area contributed by atoms with Crippen LogP contribution in [0.2, 0.25) is 0 Å². The van der Waals surface area contributed by atoms with E-state index in [-0.39, 0.29) is 26.5 Å². The number of carbonyl (C=O) groups is 2. The van der Waals surface area contributed by atoms with E-state index in [1.54, 1.807) is 0 Å². The molecule has 3 rings (SSSR count). The summed E-state index contributed by atoms with van der Waals surface area (Å²) in [5.74, 6) is 0. The van der Waals surface area contributed by atoms with Gasteiger partial charge >= 0.3 is 49.9 Å². The van der Waals surface area contributed by atoms with Crippen LogP contribution in [0.25, 0.3) is 0 Å². The van der Waals surface area contributed by atoms with Gasteiger partial charge in [0.25, 0.3) is 0 Å². The van der Waals surface area contributed by atoms with Crippen molar-refractivity contribution in [3.63, 3.8) is 0 Å². The van der Waals surface area contributed by atoms with Crippen LogP contribution in [0.5, 0.6) is 0 Å². The fourth-order valence-electron chi connectivity index (χ4n) is 2.34. The van der Waals surface area contributed by atoms with Gasteiger partial charge in [0.2, 0.25) is 0 Å². The van der Waals surface area contributed by atoms with Crippen LogP contribution in [0.15, 0.2) is 91.0 Å². The molecule has 0 fully saturated rings. The van der Waals surface area contributed by atoms with Crippen molar-refractivity contribution in [3.8, 4) is 0 Å². The van der Waals surface area contributed by atoms with Crippen molar-refractivity contribution >= 4 is 32.3 Å². The molecule has 0 bridgehead atoms. The van der Waals surface area contributed by atoms with Crippen LogP contribution in [-0.4, -0.2) is 8.51 Å². The Morgan fingerprint density at radius 2 is 0.846 bits per heavy atom. The molecule has 0 N–H and O–H groups in total. The Balaban J connectivity index is 0.000000298. The van der Waals surface area contributed by atoms with Crippen molar-refractivity contribution < 1.29 is 27.6 Å². The van der Waals surface area contributed by atoms with Gasteiger partial charge in [-0.15, -0.1) is 0 Å². The number of hydrogen-bond donors (Lipinski definition) is 0. The van der Waals surface area contributed by atoms with Gasteiger partial charge in [-0.25, -0.2) is 0 Å². The Bertz CT molecular complexity index is 715. The molecule has 26 heavy (non-hydrogen) atoms. The molecule has 4 heteroatoms. The van der Waals surface area contributed by atoms with Crippen LogP contribution in [0.4, 0.5) is 0 Å². The van der Waals surface area contributed by atoms with Gasteiger partial charge in [-0.1, -0.05) is 91.0 Å². The minimum atomic E-state index is -0.446. The van der Waals surface area contributed by atoms with E-state index in [4.69, 9.17) is 0 Å². The summed E-state index contributed by atoms with van der Waals surface area (Å²) in [4.78, 5) is 20.1. The van der Waals surface area contributed by atoms with Gasteiger partial charge in [0.15, 0.2) is 0 Å². The predicted octanol–water partition coefficient (Wildman–Crippen LogP) is 3.61. The second kappa shape index (κ2) is 10.9. The standard InChI is InChI=1S/C18H15P.2C2H3O.Pd/c1-4-10-16(11-5-1)19(17-12-6-2-7-13-17)18-14-8-3-9-15-18;2*1-2-3;/h1-15H;2*1H3;. The first-order valence-corrected chi connectivity index (χ1v) is 11.0. The Morgan fingerprint density at radius 3 is 1.04 bits per heavy atom. The molecule has 0 unspecified atom stereocenters. The van der Waals surface area contributed by atoms with Gasteiger partial charge in [0, 0.05) is 0 Å². The minimum Gasteiger partial charge on any atom is -0.0622 e. The van der Waals surface area contributed by atoms with Crippen molar-refractivity contribution in [1.29, 1.82) is 0 Å². The van der Waals surface area contributed by atoms with Gasteiger partial charge in [-0.2, -0.15) is 0 Å². The normalized spacial score (nSPS) is 10.1. The maximum atomic E-state index is 10.1. The Hall–Kier alpha value is -1.91. The molecule has 0 spiro atoms. The van der Waals surface area contributed by atoms with E-state index < -0.39 is 7.92 Å². The van der Waals surface area contributed by atoms with Crippen LogP contribution < -0.4 is 15.9 Å². The molecule has 3 aromatic carbocycles. The number of benzene rings is 3. The van der Waals surface area contributed by atoms with E-state index in [9.17, 15) is 9.59 Å². The first-order chi connectivity index (χ1) is 12.6. The van der Waals surface area contributed by atoms with Crippen molar-refractivity contribution in [2.24, 2.45) is 0 Å². The third-order valence-corrected chi connectivity index (χ3v) is 6.80. The SMILES string of the molecule is C[C](=O)[Pd][C](C)=O.c1ccc(P(c2ccccc2)c2ccccc2)cc1. The van der Waals surface area contributed by atoms with Crippen LogP contribution in [0.1, 0.15) is 13.8 Å². The van der Waals surface area contributed by atoms with Crippen LogP contribution >= 0.6 is 7.92 Å². The van der Waals surface area contributed by atoms with Gasteiger partial charge in [0.05, 0.1) is 0 Å². The number of carbonyl (C=O) groups excluding carboxylic acids is 2. The molecule has 0 aromatic heterocycles. The van der Waals surface area contributed by atoms with Gasteiger partial charge in [-0.05, 0) is 23.8 Å². The van der Waals surface area contributed by atoms with Crippen LogP contribution in [0, 0.1) is 0 Å². The summed E-state index contributed by atoms with van der Waals surface area (Å²) in [6.45, 7) is 2.85. The van der Waals surface area contributed by atoms with E-state index in [1.807, 2.05) is 0 Å². The molecule has 0 atom stereocenters. The molecule has 0 aliphatic carbocycles. The number of hydrogen-bond acceptors (Lipinski definition) is 2. The van der Waals surface area contributed by atoms with E-state index in [2.05, 4.69) is 91.0 Å².